The Morgan fingerprint density at radius 2 is 1.89 bits per heavy atom. The lowest BCUT2D eigenvalue weighted by molar-refractivity contribution is -0.117. The Hall–Kier alpha value is -1.60. The minimum Gasteiger partial charge on any atom is -0.386 e. The average molecular weight is 394 g/mol. The van der Waals surface area contributed by atoms with E-state index in [0.717, 1.165) is 18.0 Å². The number of anilines is 2. The summed E-state index contributed by atoms with van der Waals surface area (Å²) in [5, 5.41) is 5.99. The van der Waals surface area contributed by atoms with Crippen molar-refractivity contribution in [1.82, 2.24) is 4.31 Å². The van der Waals surface area contributed by atoms with Gasteiger partial charge in [-0.05, 0) is 55.2 Å². The van der Waals surface area contributed by atoms with E-state index < -0.39 is 10.0 Å². The molecule has 0 spiro atoms. The predicted molar refractivity (Wildman–Crippen MR) is 108 cm³/mol. The van der Waals surface area contributed by atoms with Crippen LogP contribution in [0.25, 0.3) is 0 Å². The van der Waals surface area contributed by atoms with Gasteiger partial charge in [-0.25, -0.2) is 8.42 Å². The third-order valence-corrected chi connectivity index (χ3v) is 8.26. The molecule has 1 amide bonds. The fourth-order valence-electron chi connectivity index (χ4n) is 4.78. The maximum atomic E-state index is 12.8. The molecule has 7 heteroatoms. The van der Waals surface area contributed by atoms with Crippen molar-refractivity contribution in [1.29, 1.82) is 0 Å². The number of sulfonamides is 1. The second kappa shape index (κ2) is 8.19. The molecule has 3 atom stereocenters. The maximum Gasteiger partial charge on any atom is 0.243 e. The third-order valence-electron chi connectivity index (χ3n) is 6.21. The average Bonchev–Trinajstić information content (AvgIpc) is 3.25. The highest BCUT2D eigenvalue weighted by molar-refractivity contribution is 7.89. The zero-order valence-corrected chi connectivity index (χ0v) is 17.3. The van der Waals surface area contributed by atoms with Crippen LogP contribution in [0.1, 0.15) is 46.0 Å². The molecule has 0 aliphatic heterocycles. The van der Waals surface area contributed by atoms with Gasteiger partial charge in [-0.3, -0.25) is 4.79 Å². The van der Waals surface area contributed by atoms with Crippen LogP contribution in [0.15, 0.2) is 23.1 Å². The molecule has 150 valence electrons. The number of benzene rings is 1. The summed E-state index contributed by atoms with van der Waals surface area (Å²) >= 11 is 0. The van der Waals surface area contributed by atoms with E-state index in [1.54, 1.807) is 25.2 Å². The maximum absolute atomic E-state index is 12.8. The minimum absolute atomic E-state index is 0.0264. The number of carbonyl (C=O) groups is 1. The Balaban J connectivity index is 1.76. The molecule has 0 heterocycles. The van der Waals surface area contributed by atoms with Crippen molar-refractivity contribution in [3.05, 3.63) is 18.2 Å². The highest BCUT2D eigenvalue weighted by atomic mass is 32.2. The Bertz CT molecular complexity index is 790. The zero-order valence-electron chi connectivity index (χ0n) is 16.5. The molecule has 0 unspecified atom stereocenters. The van der Waals surface area contributed by atoms with Crippen molar-refractivity contribution in [3.63, 3.8) is 0 Å². The van der Waals surface area contributed by atoms with Gasteiger partial charge in [0.05, 0.1) is 16.3 Å². The molecule has 2 saturated carbocycles. The van der Waals surface area contributed by atoms with E-state index in [-0.39, 0.29) is 10.8 Å². The van der Waals surface area contributed by atoms with Crippen molar-refractivity contribution in [2.45, 2.75) is 50.8 Å². The van der Waals surface area contributed by atoms with Gasteiger partial charge in [0.1, 0.15) is 0 Å². The molecule has 2 bridgehead atoms. The van der Waals surface area contributed by atoms with Crippen LogP contribution in [0.2, 0.25) is 0 Å². The molecule has 0 radical (unpaired) electrons. The lowest BCUT2D eigenvalue weighted by Crippen LogP contribution is -2.30. The standard InChI is InChI=1S/C20H31N3O3S/c1-4-23(5-2)27(25,26)17-8-9-18(21-3)19(13-17)22-20(24)12-16-11-14-6-7-15(16)10-14/h8-9,13-16,21H,4-7,10-12H2,1-3H3,(H,22,24)/t14-,15-,16+/m0/s1. The second-order valence-corrected chi connectivity index (χ2v) is 9.67. The van der Waals surface area contributed by atoms with Crippen LogP contribution < -0.4 is 10.6 Å². The van der Waals surface area contributed by atoms with Crippen molar-refractivity contribution in [2.24, 2.45) is 17.8 Å². The first-order valence-corrected chi connectivity index (χ1v) is 11.4. The summed E-state index contributed by atoms with van der Waals surface area (Å²) < 4.78 is 27.0. The van der Waals surface area contributed by atoms with E-state index in [1.807, 2.05) is 13.8 Å². The van der Waals surface area contributed by atoms with Gasteiger partial charge in [-0.1, -0.05) is 20.3 Å². The minimum atomic E-state index is -3.56. The molecule has 0 aromatic heterocycles. The summed E-state index contributed by atoms with van der Waals surface area (Å²) in [4.78, 5) is 12.8. The molecule has 2 aliphatic rings. The lowest BCUT2D eigenvalue weighted by Gasteiger charge is -2.22. The molecule has 1 aromatic carbocycles. The van der Waals surface area contributed by atoms with E-state index in [0.29, 0.717) is 37.0 Å². The van der Waals surface area contributed by atoms with Crippen LogP contribution in [-0.4, -0.2) is 38.8 Å². The molecule has 0 saturated heterocycles. The van der Waals surface area contributed by atoms with Gasteiger partial charge in [0, 0.05) is 26.6 Å². The largest absolute Gasteiger partial charge is 0.386 e. The van der Waals surface area contributed by atoms with Crippen molar-refractivity contribution < 1.29 is 13.2 Å². The van der Waals surface area contributed by atoms with Gasteiger partial charge in [0.15, 0.2) is 0 Å². The van der Waals surface area contributed by atoms with Crippen LogP contribution in [0, 0.1) is 17.8 Å². The van der Waals surface area contributed by atoms with E-state index in [4.69, 9.17) is 0 Å². The molecule has 2 aliphatic carbocycles. The summed E-state index contributed by atoms with van der Waals surface area (Å²) in [6.45, 7) is 4.47. The number of nitrogens with one attached hydrogen (secondary N) is 2. The summed E-state index contributed by atoms with van der Waals surface area (Å²) in [5.41, 5.74) is 1.24. The van der Waals surface area contributed by atoms with Crippen molar-refractivity contribution in [2.75, 3.05) is 30.8 Å². The molecule has 3 rings (SSSR count). The first-order valence-electron chi connectivity index (χ1n) is 10.0. The van der Waals surface area contributed by atoms with Gasteiger partial charge < -0.3 is 10.6 Å². The fourth-order valence-corrected chi connectivity index (χ4v) is 6.27. The Labute approximate surface area is 162 Å². The van der Waals surface area contributed by atoms with Crippen LogP contribution >= 0.6 is 0 Å². The lowest BCUT2D eigenvalue weighted by atomic mass is 9.86. The Morgan fingerprint density at radius 3 is 2.44 bits per heavy atom. The van der Waals surface area contributed by atoms with Gasteiger partial charge in [-0.15, -0.1) is 0 Å². The van der Waals surface area contributed by atoms with Gasteiger partial charge in [-0.2, -0.15) is 4.31 Å². The van der Waals surface area contributed by atoms with Crippen LogP contribution in [0.4, 0.5) is 11.4 Å². The van der Waals surface area contributed by atoms with E-state index in [9.17, 15) is 13.2 Å². The molecular weight excluding hydrogens is 362 g/mol. The SMILES string of the molecule is CCN(CC)S(=O)(=O)c1ccc(NC)c(NC(=O)C[C@H]2C[C@H]3CC[C@H]2C3)c1. The number of nitrogens with zero attached hydrogens (tertiary/aromatic N) is 1. The predicted octanol–water partition coefficient (Wildman–Crippen LogP) is 3.52. The normalized spacial score (nSPS) is 24.4. The smallest absolute Gasteiger partial charge is 0.243 e. The first-order chi connectivity index (χ1) is 12.9. The van der Waals surface area contributed by atoms with E-state index >= 15 is 0 Å². The number of hydrogen-bond donors (Lipinski definition) is 2. The van der Waals surface area contributed by atoms with Crippen LogP contribution in [0.3, 0.4) is 0 Å². The molecule has 2 fully saturated rings. The molecule has 6 nitrogen and oxygen atoms in total. The molecular formula is C20H31N3O3S. The first kappa shape index (κ1) is 20.1. The number of carbonyl (C=O) groups excluding carboxylic acids is 1. The Kier molecular flexibility index (Phi) is 6.11. The highest BCUT2D eigenvalue weighted by Crippen LogP contribution is 2.49. The summed E-state index contributed by atoms with van der Waals surface area (Å²) in [6.07, 6.45) is 5.53. The Morgan fingerprint density at radius 1 is 1.15 bits per heavy atom. The topological polar surface area (TPSA) is 78.5 Å². The van der Waals surface area contributed by atoms with Crippen LogP contribution in [0.5, 0.6) is 0 Å². The van der Waals surface area contributed by atoms with Crippen molar-refractivity contribution in [3.8, 4) is 0 Å². The number of amides is 1. The second-order valence-electron chi connectivity index (χ2n) is 7.73. The van der Waals surface area contributed by atoms with E-state index in [1.165, 1.54) is 23.6 Å². The highest BCUT2D eigenvalue weighted by Gasteiger charge is 2.40. The summed E-state index contributed by atoms with van der Waals surface area (Å²) in [7, 11) is -1.80. The third kappa shape index (κ3) is 4.14. The number of fused-ring (bicyclic) bond motifs is 2. The quantitative estimate of drug-likeness (QED) is 0.708. The van der Waals surface area contributed by atoms with Gasteiger partial charge >= 0.3 is 0 Å². The van der Waals surface area contributed by atoms with Crippen LogP contribution in [-0.2, 0) is 14.8 Å². The molecule has 1 aromatic rings. The van der Waals surface area contributed by atoms with Crippen molar-refractivity contribution >= 4 is 27.3 Å². The van der Waals surface area contributed by atoms with Gasteiger partial charge in [0.25, 0.3) is 0 Å². The number of hydrogen-bond acceptors (Lipinski definition) is 4. The summed E-state index contributed by atoms with van der Waals surface area (Å²) in [5.74, 6) is 1.95. The monoisotopic (exact) mass is 393 g/mol. The van der Waals surface area contributed by atoms with E-state index in [2.05, 4.69) is 10.6 Å². The zero-order chi connectivity index (χ0) is 19.6. The molecule has 27 heavy (non-hydrogen) atoms. The van der Waals surface area contributed by atoms with Gasteiger partial charge in [0.2, 0.25) is 15.9 Å². The number of rotatable bonds is 8. The molecule has 2 N–H and O–H groups in total. The fraction of sp³-hybridized carbons (Fsp3) is 0.650. The summed E-state index contributed by atoms with van der Waals surface area (Å²) in [6, 6.07) is 4.87.